The first-order valence-corrected chi connectivity index (χ1v) is 9.92. The summed E-state index contributed by atoms with van der Waals surface area (Å²) in [5.41, 5.74) is 3.98. The minimum absolute atomic E-state index is 0.0569. The second kappa shape index (κ2) is 8.00. The number of H-pyrrole nitrogens is 1. The molecule has 2 aliphatic heterocycles. The Morgan fingerprint density at radius 1 is 1.19 bits per heavy atom. The molecular weight excluding hydrogens is 342 g/mol. The van der Waals surface area contributed by atoms with Gasteiger partial charge in [0.2, 0.25) is 0 Å². The van der Waals surface area contributed by atoms with Crippen LogP contribution in [0.1, 0.15) is 28.0 Å². The standard InChI is InChI=1S/C21H29N3O3/c1-15-4-5-19-18(12-15)16(2)20(22-19)21(25)24-6-3-9-27-17(14-24)13-23-7-10-26-11-8-23/h4-5,12,17,22H,3,6-11,13-14H2,1-2H3/t17-/m1/s1. The molecule has 0 spiro atoms. The molecule has 1 N–H and O–H groups in total. The smallest absolute Gasteiger partial charge is 0.270 e. The zero-order valence-electron chi connectivity index (χ0n) is 16.3. The SMILES string of the molecule is Cc1ccc2[nH]c(C(=O)N3CCCO[C@H](CN4CCOCC4)C3)c(C)c2c1. The Kier molecular flexibility index (Phi) is 5.48. The number of fused-ring (bicyclic) bond motifs is 1. The van der Waals surface area contributed by atoms with E-state index in [4.69, 9.17) is 9.47 Å². The van der Waals surface area contributed by atoms with Crippen LogP contribution in [0.2, 0.25) is 0 Å². The lowest BCUT2D eigenvalue weighted by molar-refractivity contribution is -0.0112. The van der Waals surface area contributed by atoms with E-state index in [1.807, 2.05) is 11.8 Å². The zero-order chi connectivity index (χ0) is 18.8. The molecule has 1 aromatic carbocycles. The summed E-state index contributed by atoms with van der Waals surface area (Å²) in [7, 11) is 0. The highest BCUT2D eigenvalue weighted by molar-refractivity contribution is 6.01. The number of amides is 1. The zero-order valence-corrected chi connectivity index (χ0v) is 16.3. The number of nitrogens with one attached hydrogen (secondary N) is 1. The van der Waals surface area contributed by atoms with Crippen molar-refractivity contribution in [1.29, 1.82) is 0 Å². The number of morpholine rings is 1. The molecule has 2 saturated heterocycles. The van der Waals surface area contributed by atoms with Crippen molar-refractivity contribution in [3.63, 3.8) is 0 Å². The van der Waals surface area contributed by atoms with Gasteiger partial charge in [-0.1, -0.05) is 11.6 Å². The number of aryl methyl sites for hydroxylation is 2. The second-order valence-electron chi connectivity index (χ2n) is 7.68. The van der Waals surface area contributed by atoms with E-state index < -0.39 is 0 Å². The third kappa shape index (κ3) is 4.03. The Labute approximate surface area is 160 Å². The van der Waals surface area contributed by atoms with E-state index in [1.165, 1.54) is 5.56 Å². The van der Waals surface area contributed by atoms with Crippen molar-refractivity contribution >= 4 is 16.8 Å². The highest BCUT2D eigenvalue weighted by Crippen LogP contribution is 2.24. The molecule has 0 radical (unpaired) electrons. The monoisotopic (exact) mass is 371 g/mol. The van der Waals surface area contributed by atoms with Crippen LogP contribution in [-0.2, 0) is 9.47 Å². The molecule has 1 aromatic heterocycles. The van der Waals surface area contributed by atoms with Crippen LogP contribution in [0, 0.1) is 13.8 Å². The summed E-state index contributed by atoms with van der Waals surface area (Å²) < 4.78 is 11.5. The van der Waals surface area contributed by atoms with Gasteiger partial charge in [0.05, 0.1) is 19.3 Å². The Morgan fingerprint density at radius 3 is 2.81 bits per heavy atom. The topological polar surface area (TPSA) is 57.8 Å². The van der Waals surface area contributed by atoms with Gasteiger partial charge >= 0.3 is 0 Å². The van der Waals surface area contributed by atoms with Gasteiger partial charge in [0.15, 0.2) is 0 Å². The largest absolute Gasteiger partial charge is 0.379 e. The summed E-state index contributed by atoms with van der Waals surface area (Å²) in [5, 5.41) is 1.13. The van der Waals surface area contributed by atoms with Gasteiger partial charge in [0, 0.05) is 50.2 Å². The Balaban J connectivity index is 1.50. The lowest BCUT2D eigenvalue weighted by atomic mass is 10.1. The third-order valence-electron chi connectivity index (χ3n) is 5.63. The van der Waals surface area contributed by atoms with E-state index in [0.717, 1.165) is 62.3 Å². The van der Waals surface area contributed by atoms with Crippen LogP contribution < -0.4 is 0 Å². The molecule has 27 heavy (non-hydrogen) atoms. The maximum atomic E-state index is 13.3. The maximum absolute atomic E-state index is 13.3. The third-order valence-corrected chi connectivity index (χ3v) is 5.63. The van der Waals surface area contributed by atoms with Gasteiger partial charge in [0.1, 0.15) is 5.69 Å². The fourth-order valence-electron chi connectivity index (χ4n) is 4.07. The number of rotatable bonds is 3. The van der Waals surface area contributed by atoms with Crippen LogP contribution in [0.15, 0.2) is 18.2 Å². The summed E-state index contributed by atoms with van der Waals surface area (Å²) in [6.45, 7) is 10.5. The quantitative estimate of drug-likeness (QED) is 0.900. The van der Waals surface area contributed by atoms with Gasteiger partial charge in [-0.2, -0.15) is 0 Å². The molecular formula is C21H29N3O3. The predicted molar refractivity (Wildman–Crippen MR) is 105 cm³/mol. The molecule has 6 heteroatoms. The molecule has 1 atom stereocenters. The first-order valence-electron chi connectivity index (χ1n) is 9.92. The molecule has 3 heterocycles. The number of nitrogens with zero attached hydrogens (tertiary/aromatic N) is 2. The van der Waals surface area contributed by atoms with Gasteiger partial charge in [-0.15, -0.1) is 0 Å². The minimum atomic E-state index is 0.0569. The fraction of sp³-hybridized carbons (Fsp3) is 0.571. The number of ether oxygens (including phenoxy) is 2. The molecule has 6 nitrogen and oxygen atoms in total. The van der Waals surface area contributed by atoms with E-state index in [2.05, 4.69) is 35.0 Å². The lowest BCUT2D eigenvalue weighted by Gasteiger charge is -2.31. The molecule has 2 aromatic rings. The van der Waals surface area contributed by atoms with Crippen LogP contribution in [0.4, 0.5) is 0 Å². The van der Waals surface area contributed by atoms with Crippen molar-refractivity contribution in [2.24, 2.45) is 0 Å². The van der Waals surface area contributed by atoms with E-state index >= 15 is 0 Å². The second-order valence-corrected chi connectivity index (χ2v) is 7.68. The summed E-state index contributed by atoms with van der Waals surface area (Å²) >= 11 is 0. The number of carbonyl (C=O) groups is 1. The average molecular weight is 371 g/mol. The van der Waals surface area contributed by atoms with Crippen LogP contribution in [0.3, 0.4) is 0 Å². The van der Waals surface area contributed by atoms with E-state index in [9.17, 15) is 4.79 Å². The Hall–Kier alpha value is -1.89. The van der Waals surface area contributed by atoms with E-state index in [1.54, 1.807) is 0 Å². The average Bonchev–Trinajstić information content (AvgIpc) is 2.85. The van der Waals surface area contributed by atoms with Crippen molar-refractivity contribution in [2.45, 2.75) is 26.4 Å². The summed E-state index contributed by atoms with van der Waals surface area (Å²) in [4.78, 5) is 21.0. The summed E-state index contributed by atoms with van der Waals surface area (Å²) in [6, 6.07) is 6.27. The number of benzene rings is 1. The number of hydrogen-bond donors (Lipinski definition) is 1. The van der Waals surface area contributed by atoms with E-state index in [-0.39, 0.29) is 12.0 Å². The number of aromatic amines is 1. The highest BCUT2D eigenvalue weighted by atomic mass is 16.5. The predicted octanol–water partition coefficient (Wildman–Crippen LogP) is 2.35. The molecule has 0 unspecified atom stereocenters. The van der Waals surface area contributed by atoms with Crippen molar-refractivity contribution in [3.05, 3.63) is 35.0 Å². The molecule has 2 fully saturated rings. The van der Waals surface area contributed by atoms with Gasteiger partial charge < -0.3 is 19.4 Å². The van der Waals surface area contributed by atoms with Crippen molar-refractivity contribution in [1.82, 2.24) is 14.8 Å². The van der Waals surface area contributed by atoms with Crippen molar-refractivity contribution in [3.8, 4) is 0 Å². The number of aromatic nitrogens is 1. The minimum Gasteiger partial charge on any atom is -0.379 e. The first kappa shape index (κ1) is 18.5. The molecule has 2 aliphatic rings. The van der Waals surface area contributed by atoms with Crippen LogP contribution in [0.25, 0.3) is 10.9 Å². The molecule has 4 rings (SSSR count). The van der Waals surface area contributed by atoms with Crippen molar-refractivity contribution < 1.29 is 14.3 Å². The number of hydrogen-bond acceptors (Lipinski definition) is 4. The summed E-state index contributed by atoms with van der Waals surface area (Å²) in [6.07, 6.45) is 0.936. The van der Waals surface area contributed by atoms with Gasteiger partial charge in [0.25, 0.3) is 5.91 Å². The fourth-order valence-corrected chi connectivity index (χ4v) is 4.07. The van der Waals surface area contributed by atoms with E-state index in [0.29, 0.717) is 18.8 Å². The lowest BCUT2D eigenvalue weighted by Crippen LogP contribution is -2.46. The Bertz CT molecular complexity index is 810. The number of carbonyl (C=O) groups excluding carboxylic acids is 1. The van der Waals surface area contributed by atoms with Crippen molar-refractivity contribution in [2.75, 3.05) is 52.5 Å². The van der Waals surface area contributed by atoms with Crippen LogP contribution in [-0.4, -0.2) is 79.3 Å². The summed E-state index contributed by atoms with van der Waals surface area (Å²) in [5.74, 6) is 0.0823. The van der Waals surface area contributed by atoms with Crippen LogP contribution >= 0.6 is 0 Å². The van der Waals surface area contributed by atoms with Gasteiger partial charge in [-0.25, -0.2) is 0 Å². The first-order chi connectivity index (χ1) is 13.1. The molecule has 0 aliphatic carbocycles. The molecule has 0 bridgehead atoms. The molecule has 1 amide bonds. The normalized spacial score (nSPS) is 22.1. The molecule has 146 valence electrons. The Morgan fingerprint density at radius 2 is 2.00 bits per heavy atom. The van der Waals surface area contributed by atoms with Gasteiger partial charge in [-0.05, 0) is 38.0 Å². The maximum Gasteiger partial charge on any atom is 0.270 e. The molecule has 0 saturated carbocycles. The highest BCUT2D eigenvalue weighted by Gasteiger charge is 2.27. The van der Waals surface area contributed by atoms with Crippen LogP contribution in [0.5, 0.6) is 0 Å². The van der Waals surface area contributed by atoms with Gasteiger partial charge in [-0.3, -0.25) is 9.69 Å².